The lowest BCUT2D eigenvalue weighted by Gasteiger charge is -2.18. The fourth-order valence-electron chi connectivity index (χ4n) is 2.02. The first-order chi connectivity index (χ1) is 7.85. The first kappa shape index (κ1) is 11.0. The molecule has 1 N–H and O–H groups in total. The van der Waals surface area contributed by atoms with Gasteiger partial charge in [0.15, 0.2) is 0 Å². The number of fused-ring (bicyclic) bond motifs is 1. The van der Waals surface area contributed by atoms with E-state index in [1.807, 2.05) is 18.2 Å². The van der Waals surface area contributed by atoms with Gasteiger partial charge < -0.3 is 10.1 Å². The molecule has 1 aromatic carbocycles. The molecule has 1 aromatic rings. The molecule has 0 bridgehead atoms. The molecule has 0 radical (unpaired) electrons. The van der Waals surface area contributed by atoms with Gasteiger partial charge in [0, 0.05) is 11.6 Å². The maximum absolute atomic E-state index is 8.72. The molecule has 0 saturated carbocycles. The van der Waals surface area contributed by atoms with E-state index in [1.54, 1.807) is 0 Å². The Morgan fingerprint density at radius 1 is 1.56 bits per heavy atom. The lowest BCUT2D eigenvalue weighted by atomic mass is 10.1. The van der Waals surface area contributed by atoms with Gasteiger partial charge in [0.05, 0.1) is 18.5 Å². The normalized spacial score (nSPS) is 19.6. The average Bonchev–Trinajstić information content (AvgIpc) is 2.72. The van der Waals surface area contributed by atoms with Crippen LogP contribution in [0.2, 0.25) is 0 Å². The van der Waals surface area contributed by atoms with Gasteiger partial charge in [0.2, 0.25) is 0 Å². The van der Waals surface area contributed by atoms with Crippen molar-refractivity contribution < 1.29 is 4.74 Å². The van der Waals surface area contributed by atoms with Crippen molar-refractivity contribution in [3.8, 4) is 11.8 Å². The number of benzene rings is 1. The summed E-state index contributed by atoms with van der Waals surface area (Å²) in [4.78, 5) is 0. The Morgan fingerprint density at radius 3 is 3.12 bits per heavy atom. The Hall–Kier alpha value is -1.53. The lowest BCUT2D eigenvalue weighted by molar-refractivity contribution is 0.295. The van der Waals surface area contributed by atoms with E-state index in [1.165, 1.54) is 5.56 Å². The highest BCUT2D eigenvalue weighted by molar-refractivity contribution is 5.39. The van der Waals surface area contributed by atoms with Gasteiger partial charge in [-0.1, -0.05) is 25.1 Å². The molecule has 2 unspecified atom stereocenters. The number of rotatable bonds is 4. The smallest absolute Gasteiger partial charge is 0.124 e. The summed E-state index contributed by atoms with van der Waals surface area (Å²) in [7, 11) is 0. The summed E-state index contributed by atoms with van der Waals surface area (Å²) < 4.78 is 5.59. The molecule has 0 aliphatic carbocycles. The minimum atomic E-state index is 0.231. The molecule has 3 nitrogen and oxygen atoms in total. The average molecular weight is 216 g/mol. The molecule has 16 heavy (non-hydrogen) atoms. The van der Waals surface area contributed by atoms with E-state index < -0.39 is 0 Å². The lowest BCUT2D eigenvalue weighted by Crippen LogP contribution is -2.32. The van der Waals surface area contributed by atoms with Crippen LogP contribution in [0.3, 0.4) is 0 Å². The third-order valence-corrected chi connectivity index (χ3v) is 2.97. The van der Waals surface area contributed by atoms with Gasteiger partial charge in [0.1, 0.15) is 12.4 Å². The van der Waals surface area contributed by atoms with E-state index >= 15 is 0 Å². The van der Waals surface area contributed by atoms with Crippen molar-refractivity contribution >= 4 is 0 Å². The van der Waals surface area contributed by atoms with Crippen LogP contribution >= 0.6 is 0 Å². The molecular formula is C13H16N2O. The second-order valence-corrected chi connectivity index (χ2v) is 4.04. The van der Waals surface area contributed by atoms with Gasteiger partial charge in [-0.3, -0.25) is 0 Å². The minimum Gasteiger partial charge on any atom is -0.491 e. The van der Waals surface area contributed by atoms with Gasteiger partial charge >= 0.3 is 0 Å². The number of hydrogen-bond acceptors (Lipinski definition) is 3. The van der Waals surface area contributed by atoms with Crippen molar-refractivity contribution in [2.45, 2.75) is 31.8 Å². The number of nitriles is 1. The molecule has 1 heterocycles. The number of para-hydroxylation sites is 1. The van der Waals surface area contributed by atoms with E-state index in [0.29, 0.717) is 13.0 Å². The number of hydrogen-bond donors (Lipinski definition) is 1. The second-order valence-electron chi connectivity index (χ2n) is 4.04. The minimum absolute atomic E-state index is 0.231. The molecule has 0 saturated heterocycles. The predicted octanol–water partition coefficient (Wildman–Crippen LogP) is 2.40. The zero-order chi connectivity index (χ0) is 11.4. The molecule has 3 heteroatoms. The Kier molecular flexibility index (Phi) is 3.43. The summed E-state index contributed by atoms with van der Waals surface area (Å²) in [6.07, 6.45) is 1.52. The van der Waals surface area contributed by atoms with Crippen molar-refractivity contribution in [1.29, 1.82) is 5.26 Å². The summed E-state index contributed by atoms with van der Waals surface area (Å²) in [5.74, 6) is 0.965. The third kappa shape index (κ3) is 2.17. The summed E-state index contributed by atoms with van der Waals surface area (Å²) in [5.41, 5.74) is 1.21. The summed E-state index contributed by atoms with van der Waals surface area (Å²) >= 11 is 0. The van der Waals surface area contributed by atoms with Crippen LogP contribution in [-0.2, 0) is 0 Å². The highest BCUT2D eigenvalue weighted by Gasteiger charge is 2.25. The molecule has 2 atom stereocenters. The summed E-state index contributed by atoms with van der Waals surface area (Å²) in [6, 6.07) is 10.8. The van der Waals surface area contributed by atoms with E-state index in [-0.39, 0.29) is 12.1 Å². The molecule has 0 spiro atoms. The van der Waals surface area contributed by atoms with Crippen LogP contribution in [0.15, 0.2) is 24.3 Å². The van der Waals surface area contributed by atoms with E-state index in [4.69, 9.17) is 10.00 Å². The Morgan fingerprint density at radius 2 is 2.38 bits per heavy atom. The number of nitrogens with one attached hydrogen (secondary N) is 1. The maximum Gasteiger partial charge on any atom is 0.124 e. The number of nitrogens with zero attached hydrogens (tertiary/aromatic N) is 1. The van der Waals surface area contributed by atoms with Crippen LogP contribution in [0.1, 0.15) is 31.4 Å². The molecule has 84 valence electrons. The first-order valence-electron chi connectivity index (χ1n) is 5.70. The Balaban J connectivity index is 2.05. The monoisotopic (exact) mass is 216 g/mol. The van der Waals surface area contributed by atoms with Crippen LogP contribution in [0, 0.1) is 11.3 Å². The second kappa shape index (κ2) is 5.00. The Labute approximate surface area is 96.0 Å². The van der Waals surface area contributed by atoms with Crippen molar-refractivity contribution in [2.75, 3.05) is 6.61 Å². The molecule has 0 amide bonds. The van der Waals surface area contributed by atoms with Crippen molar-refractivity contribution in [2.24, 2.45) is 0 Å². The molecular weight excluding hydrogens is 200 g/mol. The molecule has 1 aliphatic heterocycles. The van der Waals surface area contributed by atoms with Crippen molar-refractivity contribution in [1.82, 2.24) is 5.32 Å². The number of ether oxygens (including phenoxy) is 1. The third-order valence-electron chi connectivity index (χ3n) is 2.97. The van der Waals surface area contributed by atoms with Gasteiger partial charge in [-0.15, -0.1) is 0 Å². The van der Waals surface area contributed by atoms with Crippen molar-refractivity contribution in [3.05, 3.63) is 29.8 Å². The fraction of sp³-hybridized carbons (Fsp3) is 0.462. The Bertz CT molecular complexity index is 397. The van der Waals surface area contributed by atoms with E-state index in [9.17, 15) is 0 Å². The highest BCUT2D eigenvalue weighted by atomic mass is 16.5. The molecule has 0 aromatic heterocycles. The highest BCUT2D eigenvalue weighted by Crippen LogP contribution is 2.32. The SMILES string of the molecule is CCC(CC#N)NC1COc2ccccc21. The van der Waals surface area contributed by atoms with Crippen LogP contribution in [-0.4, -0.2) is 12.6 Å². The standard InChI is InChI=1S/C13H16N2O/c1-2-10(7-8-14)15-12-9-16-13-6-4-3-5-11(12)13/h3-6,10,12,15H,2,7,9H2,1H3. The van der Waals surface area contributed by atoms with Crippen molar-refractivity contribution in [3.63, 3.8) is 0 Å². The van der Waals surface area contributed by atoms with Crippen LogP contribution < -0.4 is 10.1 Å². The maximum atomic E-state index is 8.72. The largest absolute Gasteiger partial charge is 0.491 e. The van der Waals surface area contributed by atoms with Crippen LogP contribution in [0.5, 0.6) is 5.75 Å². The molecule has 0 fully saturated rings. The van der Waals surface area contributed by atoms with Gasteiger partial charge in [0.25, 0.3) is 0 Å². The zero-order valence-corrected chi connectivity index (χ0v) is 9.44. The van der Waals surface area contributed by atoms with E-state index in [2.05, 4.69) is 24.4 Å². The van der Waals surface area contributed by atoms with Gasteiger partial charge in [-0.25, -0.2) is 0 Å². The van der Waals surface area contributed by atoms with E-state index in [0.717, 1.165) is 12.2 Å². The van der Waals surface area contributed by atoms with Gasteiger partial charge in [-0.2, -0.15) is 5.26 Å². The predicted molar refractivity (Wildman–Crippen MR) is 62.1 cm³/mol. The summed E-state index contributed by atoms with van der Waals surface area (Å²) in [6.45, 7) is 2.76. The quantitative estimate of drug-likeness (QED) is 0.840. The molecule has 1 aliphatic rings. The fourth-order valence-corrected chi connectivity index (χ4v) is 2.02. The van der Waals surface area contributed by atoms with Crippen LogP contribution in [0.25, 0.3) is 0 Å². The van der Waals surface area contributed by atoms with Crippen LogP contribution in [0.4, 0.5) is 0 Å². The summed E-state index contributed by atoms with van der Waals surface area (Å²) in [5, 5.41) is 12.2. The topological polar surface area (TPSA) is 45.0 Å². The first-order valence-corrected chi connectivity index (χ1v) is 5.70. The molecule has 2 rings (SSSR count). The zero-order valence-electron chi connectivity index (χ0n) is 9.44. The van der Waals surface area contributed by atoms with Gasteiger partial charge in [-0.05, 0) is 12.5 Å².